The topological polar surface area (TPSA) is 9.23 Å². The summed E-state index contributed by atoms with van der Waals surface area (Å²) < 4.78 is 8.22. The SMILES string of the molecule is CCCC/C(I)=C1/OC(C)(c2ccccc2)C(c2ccccc2)=C1c1ccccc1. The Morgan fingerprint density at radius 1 is 0.800 bits per heavy atom. The number of hydrogen-bond donors (Lipinski definition) is 0. The second kappa shape index (κ2) is 9.22. The van der Waals surface area contributed by atoms with Gasteiger partial charge >= 0.3 is 0 Å². The van der Waals surface area contributed by atoms with Gasteiger partial charge in [0.2, 0.25) is 0 Å². The Bertz CT molecular complexity index is 1050. The first-order chi connectivity index (χ1) is 14.6. The number of allylic oxidation sites excluding steroid dienone is 2. The van der Waals surface area contributed by atoms with E-state index >= 15 is 0 Å². The van der Waals surface area contributed by atoms with Crippen LogP contribution in [0.25, 0.3) is 11.1 Å². The second-order valence-corrected chi connectivity index (χ2v) is 9.12. The van der Waals surface area contributed by atoms with Crippen LogP contribution in [0.5, 0.6) is 0 Å². The first-order valence-electron chi connectivity index (χ1n) is 10.6. The van der Waals surface area contributed by atoms with Gasteiger partial charge in [0.25, 0.3) is 0 Å². The van der Waals surface area contributed by atoms with Gasteiger partial charge in [-0.2, -0.15) is 0 Å². The number of halogens is 1. The molecular formula is C28H27IO. The average Bonchev–Trinajstić information content (AvgIpc) is 3.13. The van der Waals surface area contributed by atoms with Crippen LogP contribution < -0.4 is 0 Å². The molecule has 0 aliphatic carbocycles. The molecule has 2 heteroatoms. The van der Waals surface area contributed by atoms with Crippen molar-refractivity contribution in [3.8, 4) is 0 Å². The largest absolute Gasteiger partial charge is 0.477 e. The van der Waals surface area contributed by atoms with Gasteiger partial charge in [0.05, 0.1) is 0 Å². The molecule has 4 rings (SSSR count). The molecule has 0 fully saturated rings. The Hall–Kier alpha value is -2.33. The highest BCUT2D eigenvalue weighted by atomic mass is 127. The van der Waals surface area contributed by atoms with E-state index < -0.39 is 5.60 Å². The summed E-state index contributed by atoms with van der Waals surface area (Å²) in [6, 6.07) is 32.0. The van der Waals surface area contributed by atoms with Crippen LogP contribution in [0.4, 0.5) is 0 Å². The van der Waals surface area contributed by atoms with Gasteiger partial charge in [-0.25, -0.2) is 0 Å². The summed E-state index contributed by atoms with van der Waals surface area (Å²) in [5.74, 6) is 1.03. The summed E-state index contributed by atoms with van der Waals surface area (Å²) in [5.41, 5.74) is 5.49. The Balaban J connectivity index is 2.03. The Labute approximate surface area is 193 Å². The number of unbranched alkanes of at least 4 members (excludes halogenated alkanes) is 1. The van der Waals surface area contributed by atoms with Crippen molar-refractivity contribution in [2.45, 2.75) is 38.7 Å². The molecule has 1 heterocycles. The summed E-state index contributed by atoms with van der Waals surface area (Å²) >= 11 is 2.49. The maximum absolute atomic E-state index is 6.93. The predicted molar refractivity (Wildman–Crippen MR) is 135 cm³/mol. The van der Waals surface area contributed by atoms with Crippen molar-refractivity contribution in [2.24, 2.45) is 0 Å². The third-order valence-corrected chi connectivity index (χ3v) is 6.74. The van der Waals surface area contributed by atoms with Crippen LogP contribution in [0, 0.1) is 0 Å². The quantitative estimate of drug-likeness (QED) is 0.305. The molecule has 0 saturated heterocycles. The zero-order valence-electron chi connectivity index (χ0n) is 17.6. The first kappa shape index (κ1) is 20.9. The van der Waals surface area contributed by atoms with Gasteiger partial charge in [-0.1, -0.05) is 104 Å². The molecule has 152 valence electrons. The fourth-order valence-electron chi connectivity index (χ4n) is 4.16. The minimum Gasteiger partial charge on any atom is -0.477 e. The summed E-state index contributed by atoms with van der Waals surface area (Å²) in [6.07, 6.45) is 3.37. The molecule has 0 amide bonds. The fourth-order valence-corrected chi connectivity index (χ4v) is 4.92. The van der Waals surface area contributed by atoms with Crippen LogP contribution in [0.1, 0.15) is 49.8 Å². The van der Waals surface area contributed by atoms with Gasteiger partial charge in [0, 0.05) is 14.7 Å². The molecule has 0 bridgehead atoms. The van der Waals surface area contributed by atoms with Crippen molar-refractivity contribution in [1.29, 1.82) is 0 Å². The highest BCUT2D eigenvalue weighted by Gasteiger charge is 2.44. The summed E-state index contributed by atoms with van der Waals surface area (Å²) in [5, 5.41) is 0. The van der Waals surface area contributed by atoms with E-state index in [4.69, 9.17) is 4.74 Å². The highest BCUT2D eigenvalue weighted by molar-refractivity contribution is 14.1. The fraction of sp³-hybridized carbons (Fsp3) is 0.214. The smallest absolute Gasteiger partial charge is 0.158 e. The normalized spacial score (nSPS) is 20.2. The lowest BCUT2D eigenvalue weighted by Crippen LogP contribution is -2.23. The Kier molecular flexibility index (Phi) is 6.43. The molecule has 30 heavy (non-hydrogen) atoms. The minimum atomic E-state index is -0.550. The van der Waals surface area contributed by atoms with Crippen molar-refractivity contribution in [3.63, 3.8) is 0 Å². The van der Waals surface area contributed by atoms with Crippen molar-refractivity contribution in [2.75, 3.05) is 0 Å². The molecule has 1 atom stereocenters. The molecule has 0 radical (unpaired) electrons. The van der Waals surface area contributed by atoms with E-state index in [0.29, 0.717) is 0 Å². The maximum Gasteiger partial charge on any atom is 0.158 e. The van der Waals surface area contributed by atoms with E-state index in [9.17, 15) is 0 Å². The summed E-state index contributed by atoms with van der Waals surface area (Å²) in [4.78, 5) is 0. The average molecular weight is 506 g/mol. The van der Waals surface area contributed by atoms with Gasteiger partial charge in [-0.3, -0.25) is 0 Å². The van der Waals surface area contributed by atoms with E-state index in [1.54, 1.807) is 0 Å². The summed E-state index contributed by atoms with van der Waals surface area (Å²) in [6.45, 7) is 4.45. The zero-order valence-corrected chi connectivity index (χ0v) is 19.7. The molecule has 3 aromatic carbocycles. The van der Waals surface area contributed by atoms with Crippen LogP contribution >= 0.6 is 22.6 Å². The number of ether oxygens (including phenoxy) is 1. The lowest BCUT2D eigenvalue weighted by molar-refractivity contribution is 0.0912. The maximum atomic E-state index is 6.93. The third-order valence-electron chi connectivity index (χ3n) is 5.71. The van der Waals surface area contributed by atoms with E-state index in [2.05, 4.69) is 127 Å². The van der Waals surface area contributed by atoms with Gasteiger partial charge < -0.3 is 4.74 Å². The van der Waals surface area contributed by atoms with Gasteiger partial charge in [-0.15, -0.1) is 0 Å². The number of rotatable bonds is 6. The Morgan fingerprint density at radius 3 is 1.90 bits per heavy atom. The van der Waals surface area contributed by atoms with Crippen LogP contribution in [-0.2, 0) is 10.3 Å². The summed E-state index contributed by atoms with van der Waals surface area (Å²) in [7, 11) is 0. The van der Waals surface area contributed by atoms with E-state index in [0.717, 1.165) is 18.6 Å². The molecule has 3 aromatic rings. The third kappa shape index (κ3) is 3.98. The molecule has 1 nitrogen and oxygen atoms in total. The van der Waals surface area contributed by atoms with Crippen LogP contribution in [0.3, 0.4) is 0 Å². The standard InChI is InChI=1S/C28H27IO/c1-3-4-20-24(29)27-25(21-14-8-5-9-15-21)26(22-16-10-6-11-17-22)28(2,30-27)23-18-12-7-13-19-23/h5-19H,3-4,20H2,1-2H3/b27-24-. The van der Waals surface area contributed by atoms with Crippen molar-refractivity contribution >= 4 is 33.7 Å². The van der Waals surface area contributed by atoms with E-state index in [1.807, 2.05) is 0 Å². The van der Waals surface area contributed by atoms with Crippen LogP contribution in [0.2, 0.25) is 0 Å². The predicted octanol–water partition coefficient (Wildman–Crippen LogP) is 8.38. The Morgan fingerprint density at radius 2 is 1.33 bits per heavy atom. The lowest BCUT2D eigenvalue weighted by atomic mass is 9.81. The molecule has 0 saturated carbocycles. The molecule has 1 unspecified atom stereocenters. The van der Waals surface area contributed by atoms with Crippen molar-refractivity contribution < 1.29 is 4.74 Å². The van der Waals surface area contributed by atoms with Gasteiger partial charge in [0.1, 0.15) is 5.76 Å². The first-order valence-corrected chi connectivity index (χ1v) is 11.7. The molecule has 0 aromatic heterocycles. The second-order valence-electron chi connectivity index (χ2n) is 7.82. The molecule has 1 aliphatic rings. The van der Waals surface area contributed by atoms with Gasteiger partial charge in [0.15, 0.2) is 5.60 Å². The zero-order chi connectivity index (χ0) is 21.0. The van der Waals surface area contributed by atoms with Crippen LogP contribution in [-0.4, -0.2) is 0 Å². The van der Waals surface area contributed by atoms with Crippen LogP contribution in [0.15, 0.2) is 100 Å². The molecular weight excluding hydrogens is 479 g/mol. The highest BCUT2D eigenvalue weighted by Crippen LogP contribution is 2.55. The number of benzene rings is 3. The van der Waals surface area contributed by atoms with E-state index in [-0.39, 0.29) is 0 Å². The number of hydrogen-bond acceptors (Lipinski definition) is 1. The van der Waals surface area contributed by atoms with E-state index in [1.165, 1.54) is 37.8 Å². The van der Waals surface area contributed by atoms with Crippen molar-refractivity contribution in [3.05, 3.63) is 117 Å². The molecule has 0 spiro atoms. The molecule has 0 N–H and O–H groups in total. The van der Waals surface area contributed by atoms with Gasteiger partial charge in [-0.05, 0) is 59.0 Å². The van der Waals surface area contributed by atoms with Crippen molar-refractivity contribution in [1.82, 2.24) is 0 Å². The lowest BCUT2D eigenvalue weighted by Gasteiger charge is -2.29. The minimum absolute atomic E-state index is 0.550. The monoisotopic (exact) mass is 506 g/mol. The molecule has 1 aliphatic heterocycles.